The van der Waals surface area contributed by atoms with E-state index in [1.165, 1.54) is 0 Å². The average Bonchev–Trinajstić information content (AvgIpc) is 3.55. The number of aryl methyl sites for hydroxylation is 2. The number of ether oxygens (including phenoxy) is 1. The molecule has 3 aromatic heterocycles. The Labute approximate surface area is 198 Å². The number of aromatic amines is 1. The Morgan fingerprint density at radius 2 is 1.94 bits per heavy atom. The lowest BCUT2D eigenvalue weighted by Crippen LogP contribution is -2.21. The van der Waals surface area contributed by atoms with Crippen molar-refractivity contribution in [3.63, 3.8) is 0 Å². The second-order valence-electron chi connectivity index (χ2n) is 8.20. The van der Waals surface area contributed by atoms with Gasteiger partial charge in [-0.1, -0.05) is 53.3 Å². The highest BCUT2D eigenvalue weighted by Crippen LogP contribution is 2.45. The Morgan fingerprint density at radius 3 is 2.71 bits per heavy atom. The van der Waals surface area contributed by atoms with Crippen molar-refractivity contribution < 1.29 is 4.74 Å². The van der Waals surface area contributed by atoms with E-state index < -0.39 is 5.92 Å². The van der Waals surface area contributed by atoms with Gasteiger partial charge in [0.2, 0.25) is 16.9 Å². The van der Waals surface area contributed by atoms with E-state index >= 15 is 0 Å². The van der Waals surface area contributed by atoms with Crippen LogP contribution < -0.4 is 10.5 Å². The van der Waals surface area contributed by atoms with Crippen LogP contribution in [0, 0.1) is 25.2 Å². The Bertz CT molecular complexity index is 1600. The first-order valence-corrected chi connectivity index (χ1v) is 11.5. The second kappa shape index (κ2) is 7.57. The minimum atomic E-state index is -0.480. The molecule has 166 valence electrons. The van der Waals surface area contributed by atoms with Crippen LogP contribution in [0.15, 0.2) is 66.2 Å². The zero-order valence-corrected chi connectivity index (χ0v) is 19.2. The summed E-state index contributed by atoms with van der Waals surface area (Å²) in [5.74, 6) is -0.0531. The summed E-state index contributed by atoms with van der Waals surface area (Å²) in [5, 5.41) is 22.9. The van der Waals surface area contributed by atoms with Gasteiger partial charge in [0.25, 0.3) is 0 Å². The summed E-state index contributed by atoms with van der Waals surface area (Å²) < 4.78 is 8.51. The van der Waals surface area contributed by atoms with Gasteiger partial charge in [0, 0.05) is 28.6 Å². The van der Waals surface area contributed by atoms with Gasteiger partial charge in [-0.25, -0.2) is 9.67 Å². The zero-order valence-electron chi connectivity index (χ0n) is 18.4. The monoisotopic (exact) mass is 465 g/mol. The summed E-state index contributed by atoms with van der Waals surface area (Å²) in [7, 11) is 0. The highest BCUT2D eigenvalue weighted by atomic mass is 32.1. The Morgan fingerprint density at radius 1 is 1.15 bits per heavy atom. The molecule has 0 saturated carbocycles. The number of nitrogens with one attached hydrogen (secondary N) is 1. The van der Waals surface area contributed by atoms with E-state index in [0.29, 0.717) is 11.5 Å². The van der Waals surface area contributed by atoms with Crippen LogP contribution in [0.3, 0.4) is 0 Å². The van der Waals surface area contributed by atoms with Gasteiger partial charge in [-0.05, 0) is 26.0 Å². The predicted octanol–water partition coefficient (Wildman–Crippen LogP) is 4.71. The van der Waals surface area contributed by atoms with E-state index in [0.717, 1.165) is 49.0 Å². The van der Waals surface area contributed by atoms with Crippen LogP contribution in [0.4, 0.5) is 0 Å². The first-order chi connectivity index (χ1) is 16.5. The van der Waals surface area contributed by atoms with Crippen molar-refractivity contribution in [2.75, 3.05) is 0 Å². The molecule has 0 amide bonds. The molecular formula is C25H19N7OS. The topological polar surface area (TPSA) is 118 Å². The Hall–Kier alpha value is -4.42. The van der Waals surface area contributed by atoms with Crippen molar-refractivity contribution in [2.24, 2.45) is 5.73 Å². The predicted molar refractivity (Wildman–Crippen MR) is 130 cm³/mol. The fourth-order valence-electron chi connectivity index (χ4n) is 4.30. The van der Waals surface area contributed by atoms with E-state index in [4.69, 9.17) is 20.6 Å². The van der Waals surface area contributed by atoms with Crippen LogP contribution in [0.2, 0.25) is 0 Å². The van der Waals surface area contributed by atoms with Crippen LogP contribution >= 0.6 is 11.3 Å². The molecule has 9 heteroatoms. The standard InChI is InChI=1S/C25H19N7OS/c1-13-7-9-15(10-8-13)22-17(12-32(31-22)25-28-18-5-3-4-6-19(18)34-25)21-16(11-26)23(27)33-24-20(21)14(2)29-30-24/h3-10,12,21H,27H2,1-2H3,(H,29,30). The fraction of sp³-hybridized carbons (Fsp3) is 0.120. The van der Waals surface area contributed by atoms with Crippen molar-refractivity contribution >= 4 is 21.6 Å². The number of hydrogen-bond donors (Lipinski definition) is 2. The number of benzene rings is 2. The van der Waals surface area contributed by atoms with Crippen LogP contribution in [-0.4, -0.2) is 25.0 Å². The first kappa shape index (κ1) is 20.2. The summed E-state index contributed by atoms with van der Waals surface area (Å²) in [6, 6.07) is 18.4. The average molecular weight is 466 g/mol. The van der Waals surface area contributed by atoms with E-state index in [9.17, 15) is 5.26 Å². The lowest BCUT2D eigenvalue weighted by Gasteiger charge is -2.23. The van der Waals surface area contributed by atoms with Gasteiger partial charge in [0.15, 0.2) is 0 Å². The lowest BCUT2D eigenvalue weighted by molar-refractivity contribution is 0.379. The van der Waals surface area contributed by atoms with Gasteiger partial charge in [-0.2, -0.15) is 10.4 Å². The molecule has 0 radical (unpaired) electrons. The molecule has 3 N–H and O–H groups in total. The first-order valence-electron chi connectivity index (χ1n) is 10.7. The number of thiazole rings is 1. The third-order valence-corrected chi connectivity index (χ3v) is 7.01. The number of fused-ring (bicyclic) bond motifs is 2. The molecule has 0 spiro atoms. The summed E-state index contributed by atoms with van der Waals surface area (Å²) in [6.07, 6.45) is 1.93. The molecule has 0 fully saturated rings. The SMILES string of the molecule is Cc1ccc(-c2nn(-c3nc4ccccc4s3)cc2C2C(C#N)=C(N)Oc3n[nH]c(C)c32)cc1. The summed E-state index contributed by atoms with van der Waals surface area (Å²) in [4.78, 5) is 4.77. The van der Waals surface area contributed by atoms with Gasteiger partial charge in [-0.15, -0.1) is 5.10 Å². The van der Waals surface area contributed by atoms with Gasteiger partial charge in [0.1, 0.15) is 11.6 Å². The molecule has 0 aliphatic carbocycles. The summed E-state index contributed by atoms with van der Waals surface area (Å²) in [6.45, 7) is 3.95. The molecule has 34 heavy (non-hydrogen) atoms. The zero-order chi connectivity index (χ0) is 23.4. The number of hydrogen-bond acceptors (Lipinski definition) is 7. The maximum Gasteiger partial charge on any atom is 0.244 e. The molecule has 0 bridgehead atoms. The van der Waals surface area contributed by atoms with Crippen molar-refractivity contribution in [3.05, 3.63) is 88.6 Å². The second-order valence-corrected chi connectivity index (χ2v) is 9.21. The number of nitrogens with two attached hydrogens (primary N) is 1. The van der Waals surface area contributed by atoms with Crippen molar-refractivity contribution in [2.45, 2.75) is 19.8 Å². The Kier molecular flexibility index (Phi) is 4.50. The number of allylic oxidation sites excluding steroid dienone is 1. The lowest BCUT2D eigenvalue weighted by atomic mass is 9.83. The van der Waals surface area contributed by atoms with Crippen molar-refractivity contribution in [1.82, 2.24) is 25.0 Å². The molecular weight excluding hydrogens is 446 g/mol. The molecule has 5 aromatic rings. The summed E-state index contributed by atoms with van der Waals surface area (Å²) in [5.41, 5.74) is 12.7. The highest BCUT2D eigenvalue weighted by molar-refractivity contribution is 7.20. The highest BCUT2D eigenvalue weighted by Gasteiger charge is 2.37. The molecule has 1 atom stereocenters. The van der Waals surface area contributed by atoms with Gasteiger partial charge in [-0.3, -0.25) is 5.10 Å². The maximum absolute atomic E-state index is 10.0. The smallest absolute Gasteiger partial charge is 0.244 e. The van der Waals surface area contributed by atoms with Crippen LogP contribution in [0.25, 0.3) is 26.6 Å². The molecule has 8 nitrogen and oxygen atoms in total. The minimum Gasteiger partial charge on any atom is -0.420 e. The van der Waals surface area contributed by atoms with Gasteiger partial charge >= 0.3 is 0 Å². The van der Waals surface area contributed by atoms with E-state index in [1.807, 2.05) is 68.6 Å². The molecule has 2 aromatic carbocycles. The molecule has 4 heterocycles. The van der Waals surface area contributed by atoms with Gasteiger partial charge < -0.3 is 10.5 Å². The number of rotatable bonds is 3. The molecule has 0 saturated heterocycles. The molecule has 1 aliphatic heterocycles. The van der Waals surface area contributed by atoms with E-state index in [2.05, 4.69) is 16.3 Å². The van der Waals surface area contributed by atoms with Crippen LogP contribution in [0.5, 0.6) is 5.88 Å². The summed E-state index contributed by atoms with van der Waals surface area (Å²) >= 11 is 1.56. The largest absolute Gasteiger partial charge is 0.420 e. The van der Waals surface area contributed by atoms with Crippen LogP contribution in [-0.2, 0) is 0 Å². The minimum absolute atomic E-state index is 0.0501. The number of H-pyrrole nitrogens is 1. The van der Waals surface area contributed by atoms with Crippen molar-refractivity contribution in [1.29, 1.82) is 5.26 Å². The van der Waals surface area contributed by atoms with E-state index in [-0.39, 0.29) is 5.88 Å². The van der Waals surface area contributed by atoms with Gasteiger partial charge in [0.05, 0.1) is 21.8 Å². The molecule has 6 rings (SSSR count). The third kappa shape index (κ3) is 3.08. The number of aromatic nitrogens is 5. The van der Waals surface area contributed by atoms with E-state index in [1.54, 1.807) is 16.0 Å². The quantitative estimate of drug-likeness (QED) is 0.398. The normalized spacial score (nSPS) is 15.3. The number of nitrogens with zero attached hydrogens (tertiary/aromatic N) is 5. The number of nitriles is 1. The Balaban J connectivity index is 1.61. The fourth-order valence-corrected chi connectivity index (χ4v) is 5.19. The molecule has 1 aliphatic rings. The maximum atomic E-state index is 10.0. The number of para-hydroxylation sites is 1. The molecule has 1 unspecified atom stereocenters. The van der Waals surface area contributed by atoms with Crippen molar-refractivity contribution in [3.8, 4) is 28.3 Å². The third-order valence-electron chi connectivity index (χ3n) is 5.99. The van der Waals surface area contributed by atoms with Crippen LogP contribution in [0.1, 0.15) is 28.3 Å².